The van der Waals surface area contributed by atoms with E-state index in [1.807, 2.05) is 31.3 Å². The minimum atomic E-state index is -0.155. The van der Waals surface area contributed by atoms with Crippen LogP contribution in [0.3, 0.4) is 0 Å². The first-order valence-electron chi connectivity index (χ1n) is 8.20. The lowest BCUT2D eigenvalue weighted by Gasteiger charge is -2.29. The van der Waals surface area contributed by atoms with Crippen LogP contribution in [-0.4, -0.2) is 38.2 Å². The van der Waals surface area contributed by atoms with Crippen molar-refractivity contribution in [3.63, 3.8) is 0 Å². The van der Waals surface area contributed by atoms with E-state index in [9.17, 15) is 9.59 Å². The molecule has 0 radical (unpaired) electrons. The normalized spacial score (nSPS) is 14.6. The number of para-hydroxylation sites is 2. The average molecular weight is 356 g/mol. The number of fused-ring (bicyclic) bond motifs is 1. The van der Waals surface area contributed by atoms with Crippen molar-refractivity contribution in [2.75, 3.05) is 36.6 Å². The number of thioether (sulfide) groups is 1. The topological polar surface area (TPSA) is 53.9 Å². The SMILES string of the molecule is CSc1ccc(C[NH+](C)CC(=O)N2CC(=O)Nc3ccccc32)cc1. The lowest BCUT2D eigenvalue weighted by Crippen LogP contribution is -3.09. The summed E-state index contributed by atoms with van der Waals surface area (Å²) in [6.07, 6.45) is 2.05. The molecule has 2 aromatic carbocycles. The third-order valence-corrected chi connectivity index (χ3v) is 4.93. The first-order chi connectivity index (χ1) is 12.1. The van der Waals surface area contributed by atoms with Crippen LogP contribution in [0.25, 0.3) is 0 Å². The zero-order valence-corrected chi connectivity index (χ0v) is 15.2. The molecule has 1 aliphatic heterocycles. The maximum absolute atomic E-state index is 12.7. The number of carbonyl (C=O) groups excluding carboxylic acids is 2. The van der Waals surface area contributed by atoms with Gasteiger partial charge in [0, 0.05) is 10.5 Å². The number of nitrogens with one attached hydrogen (secondary N) is 2. The van der Waals surface area contributed by atoms with Crippen LogP contribution in [0, 0.1) is 0 Å². The highest BCUT2D eigenvalue weighted by Gasteiger charge is 2.28. The van der Waals surface area contributed by atoms with Crippen LogP contribution < -0.4 is 15.1 Å². The van der Waals surface area contributed by atoms with Gasteiger partial charge in [-0.15, -0.1) is 11.8 Å². The van der Waals surface area contributed by atoms with E-state index in [-0.39, 0.29) is 18.4 Å². The lowest BCUT2D eigenvalue weighted by atomic mass is 10.2. The molecule has 130 valence electrons. The first-order valence-corrected chi connectivity index (χ1v) is 9.43. The molecule has 0 spiro atoms. The van der Waals surface area contributed by atoms with E-state index in [2.05, 4.69) is 35.8 Å². The molecule has 5 nitrogen and oxygen atoms in total. The molecule has 1 heterocycles. The molecule has 6 heteroatoms. The van der Waals surface area contributed by atoms with Gasteiger partial charge in [-0.3, -0.25) is 14.5 Å². The van der Waals surface area contributed by atoms with Crippen molar-refractivity contribution >= 4 is 35.0 Å². The summed E-state index contributed by atoms with van der Waals surface area (Å²) in [6, 6.07) is 15.8. The number of hydrogen-bond acceptors (Lipinski definition) is 3. The van der Waals surface area contributed by atoms with Crippen LogP contribution in [0.5, 0.6) is 0 Å². The number of anilines is 2. The standard InChI is InChI=1S/C19H21N3O2S/c1-21(11-14-7-9-15(25-2)10-8-14)13-19(24)22-12-18(23)20-16-5-3-4-6-17(16)22/h3-10H,11-13H2,1-2H3,(H,20,23)/p+1. The largest absolute Gasteiger partial charge is 0.326 e. The number of carbonyl (C=O) groups is 2. The van der Waals surface area contributed by atoms with Gasteiger partial charge in [0.15, 0.2) is 6.54 Å². The molecule has 1 aliphatic rings. The molecule has 0 fully saturated rings. The Morgan fingerprint density at radius 3 is 2.64 bits per heavy atom. The quantitative estimate of drug-likeness (QED) is 0.797. The third kappa shape index (κ3) is 4.21. The van der Waals surface area contributed by atoms with Crippen molar-refractivity contribution < 1.29 is 14.5 Å². The molecular weight excluding hydrogens is 334 g/mol. The molecule has 0 saturated carbocycles. The van der Waals surface area contributed by atoms with Gasteiger partial charge in [-0.05, 0) is 30.5 Å². The summed E-state index contributed by atoms with van der Waals surface area (Å²) in [4.78, 5) is 28.5. The monoisotopic (exact) mass is 356 g/mol. The summed E-state index contributed by atoms with van der Waals surface area (Å²) >= 11 is 1.71. The van der Waals surface area contributed by atoms with Crippen molar-refractivity contribution in [3.8, 4) is 0 Å². The molecule has 0 aromatic heterocycles. The molecule has 0 aliphatic carbocycles. The van der Waals surface area contributed by atoms with Crippen LogP contribution in [-0.2, 0) is 16.1 Å². The van der Waals surface area contributed by atoms with Gasteiger partial charge in [-0.1, -0.05) is 24.3 Å². The number of rotatable bonds is 5. The summed E-state index contributed by atoms with van der Waals surface area (Å²) in [5, 5.41) is 2.81. The van der Waals surface area contributed by atoms with Gasteiger partial charge in [0.2, 0.25) is 5.91 Å². The Morgan fingerprint density at radius 1 is 1.20 bits per heavy atom. The summed E-state index contributed by atoms with van der Waals surface area (Å²) in [5.74, 6) is -0.196. The van der Waals surface area contributed by atoms with Gasteiger partial charge >= 0.3 is 0 Å². The van der Waals surface area contributed by atoms with Gasteiger partial charge in [0.25, 0.3) is 5.91 Å². The highest BCUT2D eigenvalue weighted by atomic mass is 32.2. The van der Waals surface area contributed by atoms with Gasteiger partial charge in [-0.25, -0.2) is 0 Å². The molecule has 0 bridgehead atoms. The minimum absolute atomic E-state index is 0.0412. The molecule has 2 N–H and O–H groups in total. The number of hydrogen-bond donors (Lipinski definition) is 2. The summed E-state index contributed by atoms with van der Waals surface area (Å²) in [6.45, 7) is 1.18. The second-order valence-corrected chi connectivity index (χ2v) is 7.08. The van der Waals surface area contributed by atoms with Crippen molar-refractivity contribution in [3.05, 3.63) is 54.1 Å². The summed E-state index contributed by atoms with van der Waals surface area (Å²) in [7, 11) is 2.00. The summed E-state index contributed by atoms with van der Waals surface area (Å²) < 4.78 is 0. The number of benzene rings is 2. The second-order valence-electron chi connectivity index (χ2n) is 6.20. The van der Waals surface area contributed by atoms with Crippen LogP contribution in [0.2, 0.25) is 0 Å². The van der Waals surface area contributed by atoms with E-state index in [0.29, 0.717) is 12.2 Å². The molecule has 0 saturated heterocycles. The van der Waals surface area contributed by atoms with E-state index in [1.54, 1.807) is 16.7 Å². The highest BCUT2D eigenvalue weighted by Crippen LogP contribution is 2.28. The van der Waals surface area contributed by atoms with E-state index in [4.69, 9.17) is 0 Å². The lowest BCUT2D eigenvalue weighted by molar-refractivity contribution is -0.885. The predicted molar refractivity (Wildman–Crippen MR) is 101 cm³/mol. The maximum atomic E-state index is 12.7. The van der Waals surface area contributed by atoms with Crippen LogP contribution in [0.1, 0.15) is 5.56 Å². The minimum Gasteiger partial charge on any atom is -0.326 e. The Labute approximate surface area is 152 Å². The fourth-order valence-corrected chi connectivity index (χ4v) is 3.37. The molecule has 1 unspecified atom stereocenters. The molecule has 2 amide bonds. The number of nitrogens with zero attached hydrogens (tertiary/aromatic N) is 1. The zero-order valence-electron chi connectivity index (χ0n) is 14.4. The average Bonchev–Trinajstić information content (AvgIpc) is 2.61. The van der Waals surface area contributed by atoms with Crippen molar-refractivity contribution in [1.29, 1.82) is 0 Å². The number of amides is 2. The van der Waals surface area contributed by atoms with E-state index < -0.39 is 0 Å². The maximum Gasteiger partial charge on any atom is 0.282 e. The van der Waals surface area contributed by atoms with Crippen LogP contribution in [0.4, 0.5) is 11.4 Å². The number of quaternary nitrogens is 1. The highest BCUT2D eigenvalue weighted by molar-refractivity contribution is 7.98. The van der Waals surface area contributed by atoms with Crippen molar-refractivity contribution in [2.45, 2.75) is 11.4 Å². The fourth-order valence-electron chi connectivity index (χ4n) is 2.96. The van der Waals surface area contributed by atoms with Crippen molar-refractivity contribution in [1.82, 2.24) is 0 Å². The van der Waals surface area contributed by atoms with Crippen LogP contribution >= 0.6 is 11.8 Å². The Kier molecular flexibility index (Phi) is 5.40. The van der Waals surface area contributed by atoms with Gasteiger partial charge in [0.05, 0.1) is 18.4 Å². The summed E-state index contributed by atoms with van der Waals surface area (Å²) in [5.41, 5.74) is 2.65. The van der Waals surface area contributed by atoms with Gasteiger partial charge in [-0.2, -0.15) is 0 Å². The Bertz CT molecular complexity index is 776. The van der Waals surface area contributed by atoms with E-state index in [0.717, 1.165) is 17.1 Å². The number of likely N-dealkylation sites (N-methyl/N-ethyl adjacent to an activating group) is 1. The third-order valence-electron chi connectivity index (χ3n) is 4.19. The molecule has 2 aromatic rings. The van der Waals surface area contributed by atoms with Crippen molar-refractivity contribution in [2.24, 2.45) is 0 Å². The van der Waals surface area contributed by atoms with Gasteiger partial charge in [0.1, 0.15) is 13.1 Å². The zero-order chi connectivity index (χ0) is 17.8. The Hall–Kier alpha value is -2.31. The molecule has 25 heavy (non-hydrogen) atoms. The molecule has 1 atom stereocenters. The Morgan fingerprint density at radius 2 is 1.92 bits per heavy atom. The second kappa shape index (κ2) is 7.72. The predicted octanol–water partition coefficient (Wildman–Crippen LogP) is 1.41. The van der Waals surface area contributed by atoms with E-state index >= 15 is 0 Å². The molecule has 3 rings (SSSR count). The Balaban J connectivity index is 1.66. The van der Waals surface area contributed by atoms with Gasteiger partial charge < -0.3 is 10.2 Å². The first kappa shape index (κ1) is 17.5. The van der Waals surface area contributed by atoms with E-state index in [1.165, 1.54) is 10.5 Å². The smallest absolute Gasteiger partial charge is 0.282 e. The van der Waals surface area contributed by atoms with Crippen LogP contribution in [0.15, 0.2) is 53.4 Å². The molecular formula is C19H22N3O2S+. The fraction of sp³-hybridized carbons (Fsp3) is 0.263.